The van der Waals surface area contributed by atoms with Crippen LogP contribution in [0.4, 0.5) is 0 Å². The molecule has 0 radical (unpaired) electrons. The van der Waals surface area contributed by atoms with Crippen molar-refractivity contribution < 1.29 is 9.53 Å². The molecule has 0 atom stereocenters. The zero-order valence-electron chi connectivity index (χ0n) is 18.4. The normalized spacial score (nSPS) is 21.7. The van der Waals surface area contributed by atoms with E-state index in [1.54, 1.807) is 6.33 Å². The quantitative estimate of drug-likeness (QED) is 0.731. The van der Waals surface area contributed by atoms with E-state index in [0.29, 0.717) is 11.9 Å². The van der Waals surface area contributed by atoms with Gasteiger partial charge in [-0.2, -0.15) is 0 Å². The van der Waals surface area contributed by atoms with Gasteiger partial charge < -0.3 is 14.2 Å². The number of aromatic nitrogens is 3. The molecule has 5 rings (SSSR count). The van der Waals surface area contributed by atoms with Gasteiger partial charge in [0.25, 0.3) is 0 Å². The second kappa shape index (κ2) is 8.20. The Morgan fingerprint density at radius 3 is 2.37 bits per heavy atom. The highest BCUT2D eigenvalue weighted by Crippen LogP contribution is 2.38. The van der Waals surface area contributed by atoms with Crippen molar-refractivity contribution in [3.05, 3.63) is 17.6 Å². The van der Waals surface area contributed by atoms with E-state index in [1.165, 1.54) is 49.8 Å². The van der Waals surface area contributed by atoms with Gasteiger partial charge in [0, 0.05) is 43.6 Å². The first-order valence-corrected chi connectivity index (χ1v) is 11.9. The molecule has 0 unspecified atom stereocenters. The van der Waals surface area contributed by atoms with Crippen LogP contribution in [0.15, 0.2) is 6.33 Å². The molecule has 1 aliphatic heterocycles. The SMILES string of the molecule is Cc1c(C)n(C2CCCCC2)c2ncnc(OC3CCN(C(=O)C4CCC4)CC3)c12. The fourth-order valence-electron chi connectivity index (χ4n) is 5.53. The Hall–Kier alpha value is -2.11. The molecule has 2 aromatic heterocycles. The van der Waals surface area contributed by atoms with Crippen LogP contribution in [0.25, 0.3) is 11.0 Å². The Labute approximate surface area is 179 Å². The first kappa shape index (κ1) is 19.8. The summed E-state index contributed by atoms with van der Waals surface area (Å²) in [5.41, 5.74) is 3.56. The second-order valence-electron chi connectivity index (χ2n) is 9.52. The number of fused-ring (bicyclic) bond motifs is 1. The van der Waals surface area contributed by atoms with Crippen LogP contribution >= 0.6 is 0 Å². The first-order valence-electron chi connectivity index (χ1n) is 11.9. The van der Waals surface area contributed by atoms with Crippen LogP contribution in [0.1, 0.15) is 81.5 Å². The molecule has 2 aromatic rings. The van der Waals surface area contributed by atoms with Gasteiger partial charge in [-0.1, -0.05) is 25.7 Å². The molecule has 3 heterocycles. The summed E-state index contributed by atoms with van der Waals surface area (Å²) in [6.45, 7) is 5.98. The molecule has 30 heavy (non-hydrogen) atoms. The van der Waals surface area contributed by atoms with E-state index < -0.39 is 0 Å². The molecule has 3 aliphatic rings. The Morgan fingerprint density at radius 1 is 0.967 bits per heavy atom. The van der Waals surface area contributed by atoms with Crippen molar-refractivity contribution in [3.8, 4) is 5.88 Å². The van der Waals surface area contributed by atoms with Crippen LogP contribution in [-0.4, -0.2) is 44.5 Å². The predicted molar refractivity (Wildman–Crippen MR) is 117 cm³/mol. The zero-order valence-corrected chi connectivity index (χ0v) is 18.4. The van der Waals surface area contributed by atoms with Crippen LogP contribution in [0.3, 0.4) is 0 Å². The lowest BCUT2D eigenvalue weighted by molar-refractivity contribution is -0.140. The first-order chi connectivity index (χ1) is 14.6. The number of nitrogens with zero attached hydrogens (tertiary/aromatic N) is 4. The summed E-state index contributed by atoms with van der Waals surface area (Å²) in [5, 5.41) is 1.08. The molecule has 0 N–H and O–H groups in total. The molecule has 1 amide bonds. The molecular formula is C24H34N4O2. The highest BCUT2D eigenvalue weighted by atomic mass is 16.5. The van der Waals surface area contributed by atoms with Gasteiger partial charge in [0.2, 0.25) is 11.8 Å². The Bertz CT molecular complexity index is 919. The molecule has 6 heteroatoms. The van der Waals surface area contributed by atoms with E-state index in [2.05, 4.69) is 28.4 Å². The smallest absolute Gasteiger partial charge is 0.226 e. The largest absolute Gasteiger partial charge is 0.474 e. The number of amides is 1. The maximum Gasteiger partial charge on any atom is 0.226 e. The third kappa shape index (κ3) is 3.48. The summed E-state index contributed by atoms with van der Waals surface area (Å²) < 4.78 is 8.87. The van der Waals surface area contributed by atoms with Gasteiger partial charge in [0.15, 0.2) is 0 Å². The summed E-state index contributed by atoms with van der Waals surface area (Å²) in [5.74, 6) is 1.37. The standard InChI is InChI=1S/C24H34N4O2/c1-16-17(2)28(19-9-4-3-5-10-19)22-21(16)23(26-15-25-22)30-20-11-13-27(14-12-20)24(29)18-7-6-8-18/h15,18-20H,3-14H2,1-2H3. The molecule has 6 nitrogen and oxygen atoms in total. The average Bonchev–Trinajstić information content (AvgIpc) is 2.99. The number of aryl methyl sites for hydroxylation is 1. The van der Waals surface area contributed by atoms with Crippen LogP contribution < -0.4 is 4.74 Å². The zero-order chi connectivity index (χ0) is 20.7. The minimum Gasteiger partial charge on any atom is -0.474 e. The minimum absolute atomic E-state index is 0.117. The number of piperidine rings is 1. The van der Waals surface area contributed by atoms with Gasteiger partial charge in [-0.3, -0.25) is 4.79 Å². The number of carbonyl (C=O) groups is 1. The number of likely N-dealkylation sites (tertiary alicyclic amines) is 1. The summed E-state index contributed by atoms with van der Waals surface area (Å²) in [4.78, 5) is 23.8. The highest BCUT2D eigenvalue weighted by Gasteiger charge is 2.32. The van der Waals surface area contributed by atoms with Gasteiger partial charge in [0.1, 0.15) is 18.1 Å². The molecule has 162 valence electrons. The lowest BCUT2D eigenvalue weighted by atomic mass is 9.84. The van der Waals surface area contributed by atoms with Gasteiger partial charge in [-0.15, -0.1) is 0 Å². The van der Waals surface area contributed by atoms with E-state index >= 15 is 0 Å². The van der Waals surface area contributed by atoms with Gasteiger partial charge >= 0.3 is 0 Å². The topological polar surface area (TPSA) is 60.2 Å². The third-order valence-electron chi connectivity index (χ3n) is 7.73. The van der Waals surface area contributed by atoms with Crippen molar-refractivity contribution in [2.24, 2.45) is 5.92 Å². The monoisotopic (exact) mass is 410 g/mol. The Morgan fingerprint density at radius 2 is 1.70 bits per heavy atom. The molecule has 2 aliphatic carbocycles. The maximum absolute atomic E-state index is 12.5. The number of ether oxygens (including phenoxy) is 1. The van der Waals surface area contributed by atoms with Crippen molar-refractivity contribution in [1.29, 1.82) is 0 Å². The van der Waals surface area contributed by atoms with Gasteiger partial charge in [-0.25, -0.2) is 9.97 Å². The fourth-order valence-corrected chi connectivity index (χ4v) is 5.53. The number of rotatable bonds is 4. The van der Waals surface area contributed by atoms with E-state index in [1.807, 2.05) is 4.90 Å². The number of hydrogen-bond acceptors (Lipinski definition) is 4. The summed E-state index contributed by atoms with van der Waals surface area (Å²) in [6, 6.07) is 0.540. The van der Waals surface area contributed by atoms with Crippen LogP contribution in [-0.2, 0) is 4.79 Å². The summed E-state index contributed by atoms with van der Waals surface area (Å²) in [6.07, 6.45) is 13.3. The number of carbonyl (C=O) groups excluding carboxylic acids is 1. The molecular weight excluding hydrogens is 376 g/mol. The molecule has 0 aromatic carbocycles. The maximum atomic E-state index is 12.5. The molecule has 0 spiro atoms. The lowest BCUT2D eigenvalue weighted by Gasteiger charge is -2.36. The highest BCUT2D eigenvalue weighted by molar-refractivity contribution is 5.86. The predicted octanol–water partition coefficient (Wildman–Crippen LogP) is 4.72. The van der Waals surface area contributed by atoms with Crippen molar-refractivity contribution in [2.45, 2.75) is 90.2 Å². The second-order valence-corrected chi connectivity index (χ2v) is 9.52. The van der Waals surface area contributed by atoms with Crippen LogP contribution in [0.5, 0.6) is 5.88 Å². The van der Waals surface area contributed by atoms with E-state index in [0.717, 1.165) is 55.7 Å². The van der Waals surface area contributed by atoms with Gasteiger partial charge in [-0.05, 0) is 45.1 Å². The van der Waals surface area contributed by atoms with E-state index in [4.69, 9.17) is 4.74 Å². The summed E-state index contributed by atoms with van der Waals surface area (Å²) in [7, 11) is 0. The van der Waals surface area contributed by atoms with Gasteiger partial charge in [0.05, 0.1) is 5.39 Å². The lowest BCUT2D eigenvalue weighted by Crippen LogP contribution is -2.45. The third-order valence-corrected chi connectivity index (χ3v) is 7.73. The minimum atomic E-state index is 0.117. The fraction of sp³-hybridized carbons (Fsp3) is 0.708. The molecule has 2 saturated carbocycles. The van der Waals surface area contributed by atoms with Crippen molar-refractivity contribution in [3.63, 3.8) is 0 Å². The molecule has 0 bridgehead atoms. The number of hydrogen-bond donors (Lipinski definition) is 0. The van der Waals surface area contributed by atoms with E-state index in [9.17, 15) is 4.79 Å². The van der Waals surface area contributed by atoms with Crippen LogP contribution in [0.2, 0.25) is 0 Å². The van der Waals surface area contributed by atoms with Crippen molar-refractivity contribution in [1.82, 2.24) is 19.4 Å². The molecule has 1 saturated heterocycles. The average molecular weight is 411 g/mol. The van der Waals surface area contributed by atoms with E-state index in [-0.39, 0.29) is 12.0 Å². The Balaban J connectivity index is 1.33. The van der Waals surface area contributed by atoms with Crippen molar-refractivity contribution >= 4 is 16.9 Å². The summed E-state index contributed by atoms with van der Waals surface area (Å²) >= 11 is 0. The molecule has 3 fully saturated rings. The van der Waals surface area contributed by atoms with Crippen LogP contribution in [0, 0.1) is 19.8 Å². The van der Waals surface area contributed by atoms with Crippen molar-refractivity contribution in [2.75, 3.05) is 13.1 Å². The Kier molecular flexibility index (Phi) is 5.42.